The molecule has 0 bridgehead atoms. The summed E-state index contributed by atoms with van der Waals surface area (Å²) >= 11 is 3.43. The molecule has 2 saturated heterocycles. The number of piperidine rings is 2. The zero-order chi connectivity index (χ0) is 35.3. The lowest BCUT2D eigenvalue weighted by Crippen LogP contribution is -2.49. The number of thiophene rings is 2. The Bertz CT molecular complexity index is 1610. The molecule has 266 valence electrons. The number of carbonyl (C=O) groups excluding carboxylic acids is 1. The molecule has 1 N–H and O–H groups in total. The van der Waals surface area contributed by atoms with Crippen molar-refractivity contribution in [3.8, 4) is 10.6 Å². The highest BCUT2D eigenvalue weighted by molar-refractivity contribution is 7.13. The molecule has 49 heavy (non-hydrogen) atoms. The van der Waals surface area contributed by atoms with Gasteiger partial charge in [0.15, 0.2) is 0 Å². The number of aliphatic carboxylic acids is 1. The van der Waals surface area contributed by atoms with Gasteiger partial charge in [-0.15, -0.1) is 22.7 Å². The largest absolute Gasteiger partial charge is 0.481 e. The number of hydrogen-bond donors (Lipinski definition) is 1. The Hall–Kier alpha value is -2.98. The van der Waals surface area contributed by atoms with Crippen LogP contribution in [0.5, 0.6) is 0 Å². The van der Waals surface area contributed by atoms with Crippen LogP contribution >= 0.6 is 22.7 Å². The van der Waals surface area contributed by atoms with Crippen LogP contribution < -0.4 is 0 Å². The lowest BCUT2D eigenvalue weighted by atomic mass is 9.72. The molecule has 9 heteroatoms. The van der Waals surface area contributed by atoms with E-state index in [9.17, 15) is 14.7 Å². The van der Waals surface area contributed by atoms with Crippen LogP contribution in [-0.4, -0.2) is 59.6 Å². The number of rotatable bonds is 12. The average molecular weight is 707 g/mol. The molecule has 0 aromatic carbocycles. The highest BCUT2D eigenvalue weighted by atomic mass is 32.1. The maximum Gasteiger partial charge on any atom is 0.310 e. The first kappa shape index (κ1) is 37.3. The summed E-state index contributed by atoms with van der Waals surface area (Å²) in [6.45, 7) is 19.6. The Morgan fingerprint density at radius 2 is 1.67 bits per heavy atom. The summed E-state index contributed by atoms with van der Waals surface area (Å²) in [7, 11) is 0. The summed E-state index contributed by atoms with van der Waals surface area (Å²) in [4.78, 5) is 34.3. The summed E-state index contributed by atoms with van der Waals surface area (Å²) < 4.78 is 12.4. The van der Waals surface area contributed by atoms with Crippen molar-refractivity contribution < 1.29 is 23.8 Å². The number of hydrogen-bond acceptors (Lipinski definition) is 8. The molecule has 2 fully saturated rings. The van der Waals surface area contributed by atoms with E-state index in [1.54, 1.807) is 22.7 Å². The third-order valence-electron chi connectivity index (χ3n) is 10.4. The average Bonchev–Trinajstić information content (AvgIpc) is 3.85. The maximum absolute atomic E-state index is 13.8. The van der Waals surface area contributed by atoms with Crippen LogP contribution in [0, 0.1) is 34.5 Å². The molecule has 5 rings (SSSR count). The molecule has 4 unspecified atom stereocenters. The van der Waals surface area contributed by atoms with Crippen LogP contribution in [0.2, 0.25) is 0 Å². The number of carboxylic acid groups (broad SMARTS) is 1. The molecular formula is C40H54N2O5S2. The van der Waals surface area contributed by atoms with E-state index in [0.717, 1.165) is 35.9 Å². The molecule has 4 atom stereocenters. The fourth-order valence-electron chi connectivity index (χ4n) is 7.13. The van der Waals surface area contributed by atoms with Crippen molar-refractivity contribution in [3.63, 3.8) is 0 Å². The van der Waals surface area contributed by atoms with Gasteiger partial charge in [0.25, 0.3) is 0 Å². The normalized spacial score (nSPS) is 23.3. The summed E-state index contributed by atoms with van der Waals surface area (Å²) in [6.07, 6.45) is 7.56. The standard InChI is InChI=1S/C40H54N2O5S2/c1-8-9-11-27(2)35-16-14-33(49-35)25-42-20-28(37(43)44)18-31(23-42)40(6,7)26-46-38(45)29-19-30(39(3,4)5)22-41(21-29)24-32-13-15-34(47-32)36-12-10-17-48-36/h8-17,28-31H,18-26H2,1-7H3,(H,43,44)/b9-8-,27-11+. The second-order valence-electron chi connectivity index (χ2n) is 15.8. The molecule has 3 aromatic rings. The molecule has 3 aromatic heterocycles. The Labute approximate surface area is 300 Å². The predicted octanol–water partition coefficient (Wildman–Crippen LogP) is 9.33. The number of furan rings is 1. The van der Waals surface area contributed by atoms with Crippen molar-refractivity contribution >= 4 is 40.2 Å². The topological polar surface area (TPSA) is 83.2 Å². The number of nitrogens with zero attached hydrogens (tertiary/aromatic N) is 2. The van der Waals surface area contributed by atoms with E-state index in [2.05, 4.69) is 81.0 Å². The summed E-state index contributed by atoms with van der Waals surface area (Å²) in [6, 6.07) is 12.5. The Morgan fingerprint density at radius 1 is 0.959 bits per heavy atom. The third-order valence-corrected chi connectivity index (χ3v) is 12.5. The van der Waals surface area contributed by atoms with Gasteiger partial charge in [0.2, 0.25) is 0 Å². The molecule has 0 spiro atoms. The highest BCUT2D eigenvalue weighted by Crippen LogP contribution is 2.40. The minimum atomic E-state index is -0.755. The van der Waals surface area contributed by atoms with Gasteiger partial charge in [0.05, 0.1) is 29.9 Å². The van der Waals surface area contributed by atoms with Gasteiger partial charge in [-0.2, -0.15) is 0 Å². The lowest BCUT2D eigenvalue weighted by molar-refractivity contribution is -0.158. The van der Waals surface area contributed by atoms with E-state index in [1.807, 2.05) is 37.3 Å². The third kappa shape index (κ3) is 9.84. The zero-order valence-corrected chi connectivity index (χ0v) is 31.9. The van der Waals surface area contributed by atoms with Crippen molar-refractivity contribution in [2.45, 2.75) is 74.4 Å². The number of allylic oxidation sites excluding steroid dienone is 4. The summed E-state index contributed by atoms with van der Waals surface area (Å²) in [5, 5.41) is 12.1. The first-order valence-corrected chi connectivity index (χ1v) is 19.3. The molecule has 7 nitrogen and oxygen atoms in total. The van der Waals surface area contributed by atoms with Crippen LogP contribution in [0.1, 0.15) is 76.8 Å². The van der Waals surface area contributed by atoms with Crippen molar-refractivity contribution in [2.75, 3.05) is 32.8 Å². The number of carboxylic acids is 1. The van der Waals surface area contributed by atoms with Crippen LogP contribution in [-0.2, 0) is 27.4 Å². The first-order chi connectivity index (χ1) is 23.2. The van der Waals surface area contributed by atoms with Gasteiger partial charge in [0.1, 0.15) is 11.5 Å². The van der Waals surface area contributed by atoms with E-state index in [0.29, 0.717) is 38.5 Å². The molecular weight excluding hydrogens is 653 g/mol. The van der Waals surface area contributed by atoms with Gasteiger partial charge >= 0.3 is 11.9 Å². The highest BCUT2D eigenvalue weighted by Gasteiger charge is 2.42. The molecule has 0 radical (unpaired) electrons. The van der Waals surface area contributed by atoms with E-state index in [1.165, 1.54) is 15.3 Å². The Morgan fingerprint density at radius 3 is 2.37 bits per heavy atom. The molecule has 0 amide bonds. The Kier molecular flexibility index (Phi) is 12.1. The van der Waals surface area contributed by atoms with Crippen molar-refractivity contribution in [1.82, 2.24) is 9.80 Å². The smallest absolute Gasteiger partial charge is 0.310 e. The number of carbonyl (C=O) groups is 2. The van der Waals surface area contributed by atoms with Gasteiger partial charge in [-0.25, -0.2) is 0 Å². The van der Waals surface area contributed by atoms with Gasteiger partial charge in [-0.3, -0.25) is 19.4 Å². The second-order valence-corrected chi connectivity index (χ2v) is 17.9. The van der Waals surface area contributed by atoms with Gasteiger partial charge < -0.3 is 14.3 Å². The monoisotopic (exact) mass is 706 g/mol. The fourth-order valence-corrected chi connectivity index (χ4v) is 8.84. The second kappa shape index (κ2) is 15.9. The molecule has 5 heterocycles. The maximum atomic E-state index is 13.8. The van der Waals surface area contributed by atoms with Gasteiger partial charge in [-0.1, -0.05) is 58.9 Å². The summed E-state index contributed by atoms with van der Waals surface area (Å²) in [5.74, 6) is 0.607. The number of ether oxygens (including phenoxy) is 1. The molecule has 0 aliphatic carbocycles. The van der Waals surface area contributed by atoms with E-state index >= 15 is 0 Å². The lowest BCUT2D eigenvalue weighted by Gasteiger charge is -2.44. The molecule has 0 saturated carbocycles. The predicted molar refractivity (Wildman–Crippen MR) is 200 cm³/mol. The molecule has 2 aliphatic heterocycles. The minimum Gasteiger partial charge on any atom is -0.481 e. The number of esters is 1. The SMILES string of the molecule is C/C=C\C=C(/C)c1ccc(CN2CC(C(=O)O)CC(C(C)(C)COC(=O)C3CC(C(C)(C)C)CN(Cc4ccc(-c5cccs5)o4)C3)C2)s1. The van der Waals surface area contributed by atoms with E-state index < -0.39 is 11.9 Å². The Balaban J connectivity index is 1.22. The van der Waals surface area contributed by atoms with Gasteiger partial charge in [-0.05, 0) is 85.2 Å². The molecule has 2 aliphatic rings. The van der Waals surface area contributed by atoms with Crippen molar-refractivity contribution in [3.05, 3.63) is 75.5 Å². The zero-order valence-electron chi connectivity index (χ0n) is 30.2. The quantitative estimate of drug-likeness (QED) is 0.149. The fraction of sp³-hybridized carbons (Fsp3) is 0.550. The summed E-state index contributed by atoms with van der Waals surface area (Å²) in [5.41, 5.74) is 0.888. The van der Waals surface area contributed by atoms with E-state index in [-0.39, 0.29) is 35.2 Å². The van der Waals surface area contributed by atoms with Crippen molar-refractivity contribution in [1.29, 1.82) is 0 Å². The van der Waals surface area contributed by atoms with Crippen molar-refractivity contribution in [2.24, 2.45) is 34.5 Å². The minimum absolute atomic E-state index is 0.0457. The van der Waals surface area contributed by atoms with Crippen LogP contribution in [0.15, 0.2) is 64.4 Å². The van der Waals surface area contributed by atoms with Crippen LogP contribution in [0.3, 0.4) is 0 Å². The van der Waals surface area contributed by atoms with E-state index in [4.69, 9.17) is 9.15 Å². The number of likely N-dealkylation sites (tertiary alicyclic amines) is 2. The van der Waals surface area contributed by atoms with Crippen LogP contribution in [0.25, 0.3) is 16.2 Å². The van der Waals surface area contributed by atoms with Gasteiger partial charge in [0, 0.05) is 47.9 Å². The van der Waals surface area contributed by atoms with Crippen LogP contribution in [0.4, 0.5) is 0 Å². The first-order valence-electron chi connectivity index (χ1n) is 17.6.